The molecule has 1 aromatic heterocycles. The molecule has 1 aromatic carbocycles. The molecule has 22 heavy (non-hydrogen) atoms. The van der Waals surface area contributed by atoms with Gasteiger partial charge < -0.3 is 5.32 Å². The molecule has 1 fully saturated rings. The van der Waals surface area contributed by atoms with Crippen LogP contribution in [0.25, 0.3) is 0 Å². The lowest BCUT2D eigenvalue weighted by molar-refractivity contribution is -0.126. The fourth-order valence-electron chi connectivity index (χ4n) is 3.09. The molecule has 0 bridgehead atoms. The fraction of sp³-hybridized carbons (Fsp3) is 0.471. The van der Waals surface area contributed by atoms with Crippen LogP contribution in [0.2, 0.25) is 0 Å². The van der Waals surface area contributed by atoms with Gasteiger partial charge in [0.05, 0.1) is 12.6 Å². The van der Waals surface area contributed by atoms with Crippen molar-refractivity contribution in [3.8, 4) is 0 Å². The van der Waals surface area contributed by atoms with Crippen molar-refractivity contribution in [2.75, 3.05) is 0 Å². The van der Waals surface area contributed by atoms with E-state index in [2.05, 4.69) is 15.4 Å². The number of nitrogens with one attached hydrogen (secondary N) is 1. The maximum Gasteiger partial charge on any atom is 0.223 e. The van der Waals surface area contributed by atoms with Crippen molar-refractivity contribution in [3.05, 3.63) is 48.5 Å². The first kappa shape index (κ1) is 14.8. The summed E-state index contributed by atoms with van der Waals surface area (Å²) in [7, 11) is 0. The highest BCUT2D eigenvalue weighted by Crippen LogP contribution is 2.25. The van der Waals surface area contributed by atoms with E-state index in [4.69, 9.17) is 0 Å². The zero-order chi connectivity index (χ0) is 15.2. The summed E-state index contributed by atoms with van der Waals surface area (Å²) < 4.78 is 1.76. The van der Waals surface area contributed by atoms with Crippen LogP contribution in [-0.4, -0.2) is 20.7 Å². The number of carbonyl (C=O) groups is 1. The number of nitrogens with zero attached hydrogens (tertiary/aromatic N) is 3. The predicted molar refractivity (Wildman–Crippen MR) is 83.9 cm³/mol. The van der Waals surface area contributed by atoms with Gasteiger partial charge in [0.1, 0.15) is 12.7 Å². The van der Waals surface area contributed by atoms with E-state index in [0.717, 1.165) is 31.2 Å². The molecule has 3 rings (SSSR count). The van der Waals surface area contributed by atoms with Crippen molar-refractivity contribution >= 4 is 5.91 Å². The van der Waals surface area contributed by atoms with Crippen LogP contribution < -0.4 is 5.32 Å². The Balaban J connectivity index is 1.71. The second-order valence-electron chi connectivity index (χ2n) is 5.92. The maximum absolute atomic E-state index is 12.6. The van der Waals surface area contributed by atoms with Crippen LogP contribution in [0.15, 0.2) is 43.0 Å². The van der Waals surface area contributed by atoms with Gasteiger partial charge in [-0.15, -0.1) is 0 Å². The molecule has 1 atom stereocenters. The highest BCUT2D eigenvalue weighted by atomic mass is 16.1. The number of amides is 1. The third kappa shape index (κ3) is 3.72. The highest BCUT2D eigenvalue weighted by molar-refractivity contribution is 5.79. The maximum atomic E-state index is 12.6. The molecule has 2 aromatic rings. The number of benzene rings is 1. The molecular weight excluding hydrogens is 276 g/mol. The molecule has 1 heterocycles. The molecular formula is C17H22N4O. The average molecular weight is 298 g/mol. The van der Waals surface area contributed by atoms with Crippen molar-refractivity contribution in [1.82, 2.24) is 20.1 Å². The first-order valence-corrected chi connectivity index (χ1v) is 8.00. The Morgan fingerprint density at radius 2 is 2.00 bits per heavy atom. The lowest BCUT2D eigenvalue weighted by Crippen LogP contribution is -2.36. The Labute approximate surface area is 130 Å². The van der Waals surface area contributed by atoms with Gasteiger partial charge in [-0.05, 0) is 18.4 Å². The van der Waals surface area contributed by atoms with Crippen LogP contribution in [0, 0.1) is 5.92 Å². The summed E-state index contributed by atoms with van der Waals surface area (Å²) in [6.45, 7) is 0.600. The summed E-state index contributed by atoms with van der Waals surface area (Å²) in [5.74, 6) is 0.337. The molecule has 5 heteroatoms. The molecule has 0 spiro atoms. The van der Waals surface area contributed by atoms with E-state index in [9.17, 15) is 4.79 Å². The number of carbonyl (C=O) groups excluding carboxylic acids is 1. The number of aromatic nitrogens is 3. The highest BCUT2D eigenvalue weighted by Gasteiger charge is 2.24. The molecule has 1 amide bonds. The summed E-state index contributed by atoms with van der Waals surface area (Å²) >= 11 is 0. The van der Waals surface area contributed by atoms with Gasteiger partial charge in [-0.2, -0.15) is 5.10 Å². The van der Waals surface area contributed by atoms with Gasteiger partial charge in [0.15, 0.2) is 0 Å². The Morgan fingerprint density at radius 1 is 1.23 bits per heavy atom. The van der Waals surface area contributed by atoms with E-state index in [-0.39, 0.29) is 17.9 Å². The van der Waals surface area contributed by atoms with Crippen LogP contribution in [-0.2, 0) is 11.3 Å². The molecule has 5 nitrogen and oxygen atoms in total. The van der Waals surface area contributed by atoms with Gasteiger partial charge in [0, 0.05) is 5.92 Å². The van der Waals surface area contributed by atoms with Crippen molar-refractivity contribution in [2.24, 2.45) is 5.92 Å². The van der Waals surface area contributed by atoms with Gasteiger partial charge >= 0.3 is 0 Å². The quantitative estimate of drug-likeness (QED) is 0.923. The minimum absolute atomic E-state index is 0.0719. The molecule has 0 radical (unpaired) electrons. The van der Waals surface area contributed by atoms with E-state index in [0.29, 0.717) is 6.54 Å². The van der Waals surface area contributed by atoms with Gasteiger partial charge in [0.25, 0.3) is 0 Å². The summed E-state index contributed by atoms with van der Waals surface area (Å²) in [5.41, 5.74) is 1.10. The van der Waals surface area contributed by atoms with Crippen molar-refractivity contribution in [1.29, 1.82) is 0 Å². The Bertz CT molecular complexity index is 576. The predicted octanol–water partition coefficient (Wildman–Crippen LogP) is 2.72. The lowest BCUT2D eigenvalue weighted by Gasteiger charge is -2.25. The standard InChI is InChI=1S/C17H22N4O/c22-17(15-9-5-2-6-10-15)20-16(11-21-13-18-12-19-21)14-7-3-1-4-8-14/h1,3-4,7-8,12-13,15-16H,2,5-6,9-11H2,(H,20,22). The molecule has 1 unspecified atom stereocenters. The Hall–Kier alpha value is -2.17. The van der Waals surface area contributed by atoms with E-state index >= 15 is 0 Å². The zero-order valence-electron chi connectivity index (χ0n) is 12.7. The monoisotopic (exact) mass is 298 g/mol. The van der Waals surface area contributed by atoms with Crippen LogP contribution in [0.3, 0.4) is 0 Å². The molecule has 1 aliphatic rings. The first-order valence-electron chi connectivity index (χ1n) is 8.00. The van der Waals surface area contributed by atoms with Crippen molar-refractivity contribution in [2.45, 2.75) is 44.7 Å². The normalized spacial score (nSPS) is 17.1. The van der Waals surface area contributed by atoms with Crippen LogP contribution in [0.1, 0.15) is 43.7 Å². The second kappa shape index (κ2) is 7.20. The Kier molecular flexibility index (Phi) is 4.83. The van der Waals surface area contributed by atoms with Crippen molar-refractivity contribution in [3.63, 3.8) is 0 Å². The lowest BCUT2D eigenvalue weighted by atomic mass is 9.88. The van der Waals surface area contributed by atoms with Gasteiger partial charge in [-0.25, -0.2) is 4.98 Å². The fourth-order valence-corrected chi connectivity index (χ4v) is 3.09. The number of rotatable bonds is 5. The summed E-state index contributed by atoms with van der Waals surface area (Å²) in [6, 6.07) is 9.99. The van der Waals surface area contributed by atoms with Gasteiger partial charge in [0.2, 0.25) is 5.91 Å². The summed E-state index contributed by atoms with van der Waals surface area (Å²) in [5, 5.41) is 7.37. The van der Waals surface area contributed by atoms with E-state index in [1.807, 2.05) is 30.3 Å². The SMILES string of the molecule is O=C(NC(Cn1cncn1)c1ccccc1)C1CCCCC1. The third-order valence-corrected chi connectivity index (χ3v) is 4.33. The van der Waals surface area contributed by atoms with Gasteiger partial charge in [-0.3, -0.25) is 9.48 Å². The topological polar surface area (TPSA) is 59.8 Å². The Morgan fingerprint density at radius 3 is 2.68 bits per heavy atom. The minimum atomic E-state index is -0.0719. The molecule has 0 saturated heterocycles. The molecule has 0 aliphatic heterocycles. The summed E-state index contributed by atoms with van der Waals surface area (Å²) in [6.07, 6.45) is 8.81. The van der Waals surface area contributed by atoms with E-state index in [1.54, 1.807) is 11.0 Å². The molecule has 1 N–H and O–H groups in total. The smallest absolute Gasteiger partial charge is 0.223 e. The van der Waals surface area contributed by atoms with Crippen molar-refractivity contribution < 1.29 is 4.79 Å². The van der Waals surface area contributed by atoms with Crippen LogP contribution in [0.5, 0.6) is 0 Å². The molecule has 1 saturated carbocycles. The molecule has 116 valence electrons. The second-order valence-corrected chi connectivity index (χ2v) is 5.92. The molecule has 1 aliphatic carbocycles. The number of hydrogen-bond acceptors (Lipinski definition) is 3. The van der Waals surface area contributed by atoms with Crippen LogP contribution in [0.4, 0.5) is 0 Å². The summed E-state index contributed by atoms with van der Waals surface area (Å²) in [4.78, 5) is 16.5. The third-order valence-electron chi connectivity index (χ3n) is 4.33. The van der Waals surface area contributed by atoms with Crippen LogP contribution >= 0.6 is 0 Å². The minimum Gasteiger partial charge on any atom is -0.347 e. The number of hydrogen-bond donors (Lipinski definition) is 1. The average Bonchev–Trinajstić information content (AvgIpc) is 3.09. The first-order chi connectivity index (χ1) is 10.8. The largest absolute Gasteiger partial charge is 0.347 e. The van der Waals surface area contributed by atoms with E-state index < -0.39 is 0 Å². The zero-order valence-corrected chi connectivity index (χ0v) is 12.7. The van der Waals surface area contributed by atoms with Gasteiger partial charge in [-0.1, -0.05) is 49.6 Å². The van der Waals surface area contributed by atoms with E-state index in [1.165, 1.54) is 12.7 Å².